The Balaban J connectivity index is 2.00. The molecule has 142 valence electrons. The predicted octanol–water partition coefficient (Wildman–Crippen LogP) is 4.92. The van der Waals surface area contributed by atoms with Gasteiger partial charge in [0, 0.05) is 12.1 Å². The molecule has 7 nitrogen and oxygen atoms in total. The molecule has 0 aliphatic heterocycles. The zero-order valence-corrected chi connectivity index (χ0v) is 14.3. The van der Waals surface area contributed by atoms with Gasteiger partial charge in [0.05, 0.1) is 33.5 Å². The highest BCUT2D eigenvalue weighted by Gasteiger charge is 2.36. The van der Waals surface area contributed by atoms with Crippen molar-refractivity contribution in [2.45, 2.75) is 13.1 Å². The lowest BCUT2D eigenvalue weighted by molar-refractivity contribution is -0.384. The molecule has 0 amide bonds. The summed E-state index contributed by atoms with van der Waals surface area (Å²) < 4.78 is 47.5. The van der Waals surface area contributed by atoms with E-state index in [4.69, 9.17) is 4.42 Å². The first kappa shape index (κ1) is 17.7. The van der Waals surface area contributed by atoms with Crippen LogP contribution in [0.4, 0.5) is 18.9 Å². The van der Waals surface area contributed by atoms with E-state index in [0.717, 1.165) is 6.07 Å². The molecule has 0 unspecified atom stereocenters. The first-order chi connectivity index (χ1) is 13.3. The fourth-order valence-electron chi connectivity index (χ4n) is 2.96. The van der Waals surface area contributed by atoms with Gasteiger partial charge in [-0.2, -0.15) is 18.3 Å². The van der Waals surface area contributed by atoms with Crippen LogP contribution in [0.5, 0.6) is 0 Å². The second-order valence-electron chi connectivity index (χ2n) is 6.00. The molecule has 0 N–H and O–H groups in total. The highest BCUT2D eigenvalue weighted by Crippen LogP contribution is 2.38. The van der Waals surface area contributed by atoms with Gasteiger partial charge in [0.1, 0.15) is 5.69 Å². The number of nitro groups is 1. The molecule has 3 aromatic heterocycles. The van der Waals surface area contributed by atoms with Gasteiger partial charge in [0.15, 0.2) is 11.4 Å². The van der Waals surface area contributed by atoms with Gasteiger partial charge in [-0.15, -0.1) is 0 Å². The zero-order chi connectivity index (χ0) is 20.1. The van der Waals surface area contributed by atoms with Crippen LogP contribution in [0.2, 0.25) is 0 Å². The number of nitro benzene ring substituents is 1. The molecular weight excluding hydrogens is 377 g/mol. The molecule has 28 heavy (non-hydrogen) atoms. The summed E-state index contributed by atoms with van der Waals surface area (Å²) in [6.07, 6.45) is -3.29. The van der Waals surface area contributed by atoms with Crippen LogP contribution in [0.25, 0.3) is 28.2 Å². The van der Waals surface area contributed by atoms with Gasteiger partial charge in [0.2, 0.25) is 0 Å². The number of rotatable bonds is 3. The summed E-state index contributed by atoms with van der Waals surface area (Å²) in [7, 11) is 0. The molecule has 0 spiro atoms. The Morgan fingerprint density at radius 2 is 1.89 bits per heavy atom. The van der Waals surface area contributed by atoms with Gasteiger partial charge < -0.3 is 4.42 Å². The number of alkyl halides is 3. The molecule has 10 heteroatoms. The Labute approximate surface area is 155 Å². The standard InChI is InChI=1S/C18H11F3N4O3/c1-10-16-13(18(19,20)21)9-14(15-3-2-8-28-15)22-17(16)24(23-10)11-4-6-12(7-5-11)25(26)27/h2-9H,1H3. The molecule has 1 aromatic carbocycles. The molecule has 0 saturated carbocycles. The van der Waals surface area contributed by atoms with Crippen LogP contribution < -0.4 is 0 Å². The number of non-ortho nitro benzene ring substituents is 1. The molecular formula is C18H11F3N4O3. The largest absolute Gasteiger partial charge is 0.463 e. The maximum Gasteiger partial charge on any atom is 0.417 e. The first-order valence-corrected chi connectivity index (χ1v) is 8.02. The van der Waals surface area contributed by atoms with E-state index < -0.39 is 16.7 Å². The number of benzene rings is 1. The van der Waals surface area contributed by atoms with Crippen LogP contribution in [0.3, 0.4) is 0 Å². The molecule has 0 bridgehead atoms. The lowest BCUT2D eigenvalue weighted by atomic mass is 10.1. The van der Waals surface area contributed by atoms with Gasteiger partial charge in [0.25, 0.3) is 5.69 Å². The van der Waals surface area contributed by atoms with Gasteiger partial charge in [-0.25, -0.2) is 9.67 Å². The molecule has 0 aliphatic carbocycles. The maximum atomic E-state index is 13.7. The van der Waals surface area contributed by atoms with Gasteiger partial charge in [-0.05, 0) is 37.3 Å². The molecule has 4 rings (SSSR count). The van der Waals surface area contributed by atoms with Crippen LogP contribution in [-0.2, 0) is 6.18 Å². The lowest BCUT2D eigenvalue weighted by Gasteiger charge is -2.10. The van der Waals surface area contributed by atoms with Crippen LogP contribution in [0, 0.1) is 17.0 Å². The predicted molar refractivity (Wildman–Crippen MR) is 93.0 cm³/mol. The molecule has 0 radical (unpaired) electrons. The van der Waals surface area contributed by atoms with Crippen molar-refractivity contribution in [3.8, 4) is 17.1 Å². The van der Waals surface area contributed by atoms with Crippen molar-refractivity contribution in [3.05, 3.63) is 70.1 Å². The average molecular weight is 388 g/mol. The summed E-state index contributed by atoms with van der Waals surface area (Å²) in [5.74, 6) is 0.182. The Morgan fingerprint density at radius 1 is 1.18 bits per heavy atom. The van der Waals surface area contributed by atoms with E-state index >= 15 is 0 Å². The Morgan fingerprint density at radius 3 is 2.46 bits per heavy atom. The summed E-state index contributed by atoms with van der Waals surface area (Å²) in [4.78, 5) is 14.6. The minimum absolute atomic E-state index is 0.00730. The summed E-state index contributed by atoms with van der Waals surface area (Å²) in [5.41, 5.74) is -0.549. The summed E-state index contributed by atoms with van der Waals surface area (Å²) in [5, 5.41) is 14.9. The SMILES string of the molecule is Cc1nn(-c2ccc([N+](=O)[O-])cc2)c2nc(-c3ccco3)cc(C(F)(F)F)c12. The van der Waals surface area contributed by atoms with E-state index in [1.165, 1.54) is 48.2 Å². The smallest absolute Gasteiger partial charge is 0.417 e. The van der Waals surface area contributed by atoms with Crippen molar-refractivity contribution < 1.29 is 22.5 Å². The Kier molecular flexibility index (Phi) is 3.91. The van der Waals surface area contributed by atoms with Crippen molar-refractivity contribution in [3.63, 3.8) is 0 Å². The molecule has 0 atom stereocenters. The van der Waals surface area contributed by atoms with E-state index in [1.54, 1.807) is 6.07 Å². The third-order valence-electron chi connectivity index (χ3n) is 4.20. The summed E-state index contributed by atoms with van der Waals surface area (Å²) in [6.45, 7) is 1.45. The number of fused-ring (bicyclic) bond motifs is 1. The first-order valence-electron chi connectivity index (χ1n) is 8.02. The molecule has 3 heterocycles. The highest BCUT2D eigenvalue weighted by molar-refractivity contribution is 5.86. The third kappa shape index (κ3) is 2.88. The highest BCUT2D eigenvalue weighted by atomic mass is 19.4. The topological polar surface area (TPSA) is 87.0 Å². The van der Waals surface area contributed by atoms with Crippen molar-refractivity contribution in [2.24, 2.45) is 0 Å². The fourth-order valence-corrected chi connectivity index (χ4v) is 2.96. The van der Waals surface area contributed by atoms with E-state index in [1.807, 2.05) is 0 Å². The van der Waals surface area contributed by atoms with Crippen molar-refractivity contribution in [1.29, 1.82) is 0 Å². The van der Waals surface area contributed by atoms with Crippen LogP contribution in [-0.4, -0.2) is 19.7 Å². The van der Waals surface area contributed by atoms with Crippen molar-refractivity contribution in [2.75, 3.05) is 0 Å². The van der Waals surface area contributed by atoms with Crippen molar-refractivity contribution >= 4 is 16.7 Å². The zero-order valence-electron chi connectivity index (χ0n) is 14.3. The normalized spacial score (nSPS) is 11.9. The molecule has 0 saturated heterocycles. The lowest BCUT2D eigenvalue weighted by Crippen LogP contribution is -2.08. The van der Waals surface area contributed by atoms with Crippen LogP contribution in [0.1, 0.15) is 11.3 Å². The van der Waals surface area contributed by atoms with Gasteiger partial charge in [-0.3, -0.25) is 10.1 Å². The van der Waals surface area contributed by atoms with Crippen LogP contribution >= 0.6 is 0 Å². The number of nitrogens with zero attached hydrogens (tertiary/aromatic N) is 4. The number of hydrogen-bond acceptors (Lipinski definition) is 5. The van der Waals surface area contributed by atoms with Crippen LogP contribution in [0.15, 0.2) is 53.1 Å². The number of furan rings is 1. The van der Waals surface area contributed by atoms with E-state index in [9.17, 15) is 23.3 Å². The van der Waals surface area contributed by atoms with E-state index in [2.05, 4.69) is 10.1 Å². The quantitative estimate of drug-likeness (QED) is 0.367. The summed E-state index contributed by atoms with van der Waals surface area (Å²) in [6, 6.07) is 9.28. The molecule has 0 aliphatic rings. The number of pyridine rings is 1. The third-order valence-corrected chi connectivity index (χ3v) is 4.20. The number of hydrogen-bond donors (Lipinski definition) is 0. The molecule has 0 fully saturated rings. The van der Waals surface area contributed by atoms with E-state index in [0.29, 0.717) is 5.69 Å². The second-order valence-corrected chi connectivity index (χ2v) is 6.00. The number of aromatic nitrogens is 3. The van der Waals surface area contributed by atoms with Gasteiger partial charge in [-0.1, -0.05) is 0 Å². The fraction of sp³-hybridized carbons (Fsp3) is 0.111. The summed E-state index contributed by atoms with van der Waals surface area (Å²) >= 11 is 0. The number of halogens is 3. The minimum Gasteiger partial charge on any atom is -0.463 e. The Bertz CT molecular complexity index is 1180. The Hall–Kier alpha value is -3.69. The van der Waals surface area contributed by atoms with Gasteiger partial charge >= 0.3 is 6.18 Å². The molecule has 4 aromatic rings. The van der Waals surface area contributed by atoms with Crippen molar-refractivity contribution in [1.82, 2.24) is 14.8 Å². The maximum absolute atomic E-state index is 13.7. The minimum atomic E-state index is -4.63. The van der Waals surface area contributed by atoms with E-state index in [-0.39, 0.29) is 33.9 Å². The monoisotopic (exact) mass is 388 g/mol. The second kappa shape index (κ2) is 6.19. The average Bonchev–Trinajstić information content (AvgIpc) is 3.29. The number of aryl methyl sites for hydroxylation is 1.